The lowest BCUT2D eigenvalue weighted by molar-refractivity contribution is 0.468. The Bertz CT molecular complexity index is 113. The lowest BCUT2D eigenvalue weighted by atomic mass is 9.99. The smallest absolute Gasteiger partial charge is 0.0669 e. The van der Waals surface area contributed by atoms with Crippen LogP contribution in [0.3, 0.4) is 0 Å². The molecular weight excluding hydrogens is 124 g/mol. The fourth-order valence-corrected chi connectivity index (χ4v) is 0.997. The average molecular weight is 140 g/mol. The van der Waals surface area contributed by atoms with E-state index in [1.807, 2.05) is 7.05 Å². The molecule has 1 unspecified atom stereocenters. The Hall–Kier alpha value is -0.550. The third-order valence-corrected chi connectivity index (χ3v) is 1.39. The first kappa shape index (κ1) is 9.45. The van der Waals surface area contributed by atoms with Gasteiger partial charge in [0.25, 0.3) is 0 Å². The van der Waals surface area contributed by atoms with Crippen molar-refractivity contribution in [2.75, 3.05) is 13.6 Å². The first-order chi connectivity index (χ1) is 4.70. The third kappa shape index (κ3) is 4.34. The summed E-state index contributed by atoms with van der Waals surface area (Å²) in [4.78, 5) is 0. The molecule has 58 valence electrons. The molecule has 0 rings (SSSR count). The van der Waals surface area contributed by atoms with Gasteiger partial charge in [-0.3, -0.25) is 0 Å². The minimum Gasteiger partial charge on any atom is -0.318 e. The molecule has 10 heavy (non-hydrogen) atoms. The zero-order valence-corrected chi connectivity index (χ0v) is 7.02. The van der Waals surface area contributed by atoms with Crippen LogP contribution >= 0.6 is 0 Å². The fourth-order valence-electron chi connectivity index (χ4n) is 0.997. The fraction of sp³-hybridized carbons (Fsp3) is 0.875. The molecule has 1 N–H and O–H groups in total. The minimum atomic E-state index is 0.185. The summed E-state index contributed by atoms with van der Waals surface area (Å²) in [7, 11) is 1.88. The molecule has 0 heterocycles. The molecule has 0 aromatic heterocycles. The van der Waals surface area contributed by atoms with Gasteiger partial charge < -0.3 is 5.32 Å². The molecule has 0 saturated carbocycles. The molecule has 1 atom stereocenters. The molecular formula is C8H16N2. The highest BCUT2D eigenvalue weighted by Crippen LogP contribution is 2.08. The summed E-state index contributed by atoms with van der Waals surface area (Å²) in [5.41, 5.74) is 0. The Labute approximate surface area is 63.2 Å². The molecule has 0 aliphatic carbocycles. The van der Waals surface area contributed by atoms with Crippen LogP contribution in [0, 0.1) is 23.2 Å². The molecule has 0 amide bonds. The molecule has 2 nitrogen and oxygen atoms in total. The quantitative estimate of drug-likeness (QED) is 0.640. The maximum Gasteiger partial charge on any atom is 0.0669 e. The second-order valence-corrected chi connectivity index (χ2v) is 3.01. The molecule has 0 bridgehead atoms. The second-order valence-electron chi connectivity index (χ2n) is 3.01. The van der Waals surface area contributed by atoms with Crippen molar-refractivity contribution >= 4 is 0 Å². The lowest BCUT2D eigenvalue weighted by Crippen LogP contribution is -2.18. The molecule has 0 aromatic carbocycles. The van der Waals surface area contributed by atoms with E-state index < -0.39 is 0 Å². The summed E-state index contributed by atoms with van der Waals surface area (Å²) >= 11 is 0. The van der Waals surface area contributed by atoms with Gasteiger partial charge in [-0.15, -0.1) is 0 Å². The first-order valence-corrected chi connectivity index (χ1v) is 3.75. The molecule has 0 fully saturated rings. The van der Waals surface area contributed by atoms with E-state index >= 15 is 0 Å². The maximum atomic E-state index is 8.62. The van der Waals surface area contributed by atoms with E-state index in [0.717, 1.165) is 13.0 Å². The average Bonchev–Trinajstić information content (AvgIpc) is 1.86. The van der Waals surface area contributed by atoms with E-state index in [9.17, 15) is 0 Å². The Morgan fingerprint density at radius 3 is 2.40 bits per heavy atom. The number of hydrogen-bond donors (Lipinski definition) is 1. The van der Waals surface area contributed by atoms with E-state index in [1.54, 1.807) is 0 Å². The van der Waals surface area contributed by atoms with Gasteiger partial charge in [0.05, 0.1) is 12.0 Å². The van der Waals surface area contributed by atoms with Crippen molar-refractivity contribution in [1.82, 2.24) is 5.32 Å². The van der Waals surface area contributed by atoms with Gasteiger partial charge in [-0.1, -0.05) is 13.8 Å². The van der Waals surface area contributed by atoms with Gasteiger partial charge in [-0.25, -0.2) is 0 Å². The van der Waals surface area contributed by atoms with Crippen molar-refractivity contribution in [2.45, 2.75) is 20.3 Å². The minimum absolute atomic E-state index is 0.185. The van der Waals surface area contributed by atoms with Crippen LogP contribution < -0.4 is 5.32 Å². The van der Waals surface area contributed by atoms with Crippen LogP contribution in [0.1, 0.15) is 20.3 Å². The van der Waals surface area contributed by atoms with Crippen molar-refractivity contribution < 1.29 is 0 Å². The Morgan fingerprint density at radius 1 is 1.50 bits per heavy atom. The van der Waals surface area contributed by atoms with Crippen molar-refractivity contribution in [1.29, 1.82) is 5.26 Å². The summed E-state index contributed by atoms with van der Waals surface area (Å²) in [6.45, 7) is 5.09. The number of nitrogens with one attached hydrogen (secondary N) is 1. The van der Waals surface area contributed by atoms with Crippen LogP contribution in [0.5, 0.6) is 0 Å². The molecule has 0 aliphatic heterocycles. The normalized spacial score (nSPS) is 13.1. The number of hydrogen-bond acceptors (Lipinski definition) is 2. The van der Waals surface area contributed by atoms with Gasteiger partial charge in [0, 0.05) is 6.54 Å². The molecule has 0 saturated heterocycles. The van der Waals surface area contributed by atoms with Crippen molar-refractivity contribution in [2.24, 2.45) is 11.8 Å². The highest BCUT2D eigenvalue weighted by molar-refractivity contribution is 4.84. The van der Waals surface area contributed by atoms with E-state index in [-0.39, 0.29) is 5.92 Å². The second kappa shape index (κ2) is 5.25. The van der Waals surface area contributed by atoms with Gasteiger partial charge in [0.15, 0.2) is 0 Å². The van der Waals surface area contributed by atoms with Gasteiger partial charge in [-0.05, 0) is 19.4 Å². The van der Waals surface area contributed by atoms with E-state index in [1.165, 1.54) is 0 Å². The summed E-state index contributed by atoms with van der Waals surface area (Å²) < 4.78 is 0. The summed E-state index contributed by atoms with van der Waals surface area (Å²) in [6.07, 6.45) is 0.997. The van der Waals surface area contributed by atoms with Gasteiger partial charge >= 0.3 is 0 Å². The molecule has 2 heteroatoms. The maximum absolute atomic E-state index is 8.62. The molecule has 0 aliphatic rings. The third-order valence-electron chi connectivity index (χ3n) is 1.39. The first-order valence-electron chi connectivity index (χ1n) is 3.75. The van der Waals surface area contributed by atoms with Crippen LogP contribution in [0.15, 0.2) is 0 Å². The lowest BCUT2D eigenvalue weighted by Gasteiger charge is -2.09. The summed E-state index contributed by atoms with van der Waals surface area (Å²) in [5.74, 6) is 0.808. The van der Waals surface area contributed by atoms with Crippen LogP contribution in [0.4, 0.5) is 0 Å². The van der Waals surface area contributed by atoms with Crippen LogP contribution in [0.2, 0.25) is 0 Å². The predicted molar refractivity (Wildman–Crippen MR) is 42.5 cm³/mol. The summed E-state index contributed by atoms with van der Waals surface area (Å²) in [6, 6.07) is 2.27. The topological polar surface area (TPSA) is 35.8 Å². The predicted octanol–water partition coefficient (Wildman–Crippen LogP) is 1.39. The number of nitriles is 1. The van der Waals surface area contributed by atoms with Crippen molar-refractivity contribution in [3.8, 4) is 6.07 Å². The van der Waals surface area contributed by atoms with Crippen LogP contribution in [-0.4, -0.2) is 13.6 Å². The van der Waals surface area contributed by atoms with E-state index in [2.05, 4.69) is 25.2 Å². The van der Waals surface area contributed by atoms with Crippen LogP contribution in [0.25, 0.3) is 0 Å². The monoisotopic (exact) mass is 140 g/mol. The zero-order valence-electron chi connectivity index (χ0n) is 7.02. The Balaban J connectivity index is 3.52. The Kier molecular flexibility index (Phi) is 4.96. The highest BCUT2D eigenvalue weighted by atomic mass is 14.8. The molecule has 0 aromatic rings. The standard InChI is InChI=1S/C8H16N2/c1-7(2)4-8(5-9)6-10-3/h7-8,10H,4,6H2,1-3H3. The van der Waals surface area contributed by atoms with Crippen LogP contribution in [-0.2, 0) is 0 Å². The number of rotatable bonds is 4. The number of nitrogens with zero attached hydrogens (tertiary/aromatic N) is 1. The zero-order chi connectivity index (χ0) is 7.98. The molecule has 0 radical (unpaired) electrons. The summed E-state index contributed by atoms with van der Waals surface area (Å²) in [5, 5.41) is 11.6. The Morgan fingerprint density at radius 2 is 2.10 bits per heavy atom. The SMILES string of the molecule is CNCC(C#N)CC(C)C. The molecule has 0 spiro atoms. The van der Waals surface area contributed by atoms with Gasteiger partial charge in [0.2, 0.25) is 0 Å². The van der Waals surface area contributed by atoms with Gasteiger partial charge in [0.1, 0.15) is 0 Å². The van der Waals surface area contributed by atoms with E-state index in [0.29, 0.717) is 5.92 Å². The van der Waals surface area contributed by atoms with Crippen molar-refractivity contribution in [3.05, 3.63) is 0 Å². The van der Waals surface area contributed by atoms with Crippen molar-refractivity contribution in [3.63, 3.8) is 0 Å². The highest BCUT2D eigenvalue weighted by Gasteiger charge is 2.07. The van der Waals surface area contributed by atoms with E-state index in [4.69, 9.17) is 5.26 Å². The van der Waals surface area contributed by atoms with Gasteiger partial charge in [-0.2, -0.15) is 5.26 Å². The largest absolute Gasteiger partial charge is 0.318 e.